The lowest BCUT2D eigenvalue weighted by molar-refractivity contribution is 0.0904. The summed E-state index contributed by atoms with van der Waals surface area (Å²) in [6.07, 6.45) is 134. The molecule has 0 bridgehead atoms. The minimum atomic E-state index is 0.887. The van der Waals surface area contributed by atoms with Crippen molar-refractivity contribution in [1.29, 1.82) is 0 Å². The van der Waals surface area contributed by atoms with Gasteiger partial charge in [-0.3, -0.25) is 0 Å². The lowest BCUT2D eigenvalue weighted by Crippen LogP contribution is -2.31. The zero-order valence-corrected chi connectivity index (χ0v) is 87.7. The smallest absolute Gasteiger partial charge is 0.0383 e. The molecule has 0 aliphatic heterocycles. The first-order valence-electron chi connectivity index (χ1n) is 58.6. The van der Waals surface area contributed by atoms with Crippen molar-refractivity contribution < 1.29 is 0 Å². The van der Waals surface area contributed by atoms with Crippen LogP contribution in [-0.4, -0.2) is 0 Å². The molecular formula is C120H242. The highest BCUT2D eigenvalue weighted by atomic mass is 14.4. The second-order valence-electron chi connectivity index (χ2n) is 45.1. The summed E-state index contributed by atoms with van der Waals surface area (Å²) >= 11 is 0. The van der Waals surface area contributed by atoms with Crippen LogP contribution in [0.3, 0.4) is 0 Å². The highest BCUT2D eigenvalue weighted by Gasteiger charge is 2.35. The van der Waals surface area contributed by atoms with Crippen LogP contribution in [0.5, 0.6) is 0 Å². The zero-order chi connectivity index (χ0) is 87.7. The Hall–Kier alpha value is 0. The van der Waals surface area contributed by atoms with Gasteiger partial charge in [0, 0.05) is 0 Å². The molecule has 0 heterocycles. The monoisotopic (exact) mass is 1680 g/mol. The lowest BCUT2D eigenvalue weighted by Gasteiger charge is -2.42. The average molecular weight is 1690 g/mol. The SMILES string of the molecule is CC(C)CCCCC(C)CCCCCCCCCCCCC(C)CCCCC(C)C.CCC(C)CCCCC(C)CCCCCCCCCCC(C)CCCCC(C)CC.CCCCCCCCCCCC1CCC2CC(CCCCCCCCC)CCC2C1.CCCCCCCCCCCCCC1CCCC(CCCCCCCCCCC)C1. The molecule has 12 unspecified atom stereocenters. The van der Waals surface area contributed by atoms with Crippen LogP contribution in [0.2, 0.25) is 0 Å². The zero-order valence-electron chi connectivity index (χ0n) is 87.7. The van der Waals surface area contributed by atoms with Gasteiger partial charge in [-0.2, -0.15) is 0 Å². The quantitative estimate of drug-likeness (QED) is 0.0533. The number of fused-ring (bicyclic) bond motifs is 1. The molecule has 12 atom stereocenters. The highest BCUT2D eigenvalue weighted by Crippen LogP contribution is 2.47. The summed E-state index contributed by atoms with van der Waals surface area (Å²) in [5, 5.41) is 0. The Kier molecular flexibility index (Phi) is 95.1. The van der Waals surface area contributed by atoms with Crippen molar-refractivity contribution >= 4 is 0 Å². The van der Waals surface area contributed by atoms with Crippen LogP contribution < -0.4 is 0 Å². The standard InChI is InChI=1S/C30H58.C30H60.2C30H62/c1-3-5-7-9-11-12-14-16-18-20-28-22-24-29-25-27(21-23-30(29)26-28)19-17-15-13-10-8-6-4-2;1-3-5-7-9-11-13-14-16-18-20-22-25-30-27-23-26-29(28-30)24-21-19-17-15-12-10-8-6-4-2;1-27(2)21-17-19-25-29(5)23-15-13-11-9-7-8-10-12-14-16-24-30(6)26-20-18-22-28(3)4;1-7-27(3)21-17-19-25-29(5)23-15-13-11-9-10-12-14-16-24-30(6)26-20-18-22-28(4)8-2/h27-30H,3-26H2,1-2H3;29-30H,3-28H2,1-2H3;2*27-30H,7-26H2,1-6H3. The fourth-order valence-corrected chi connectivity index (χ4v) is 22.0. The molecule has 3 saturated carbocycles. The fourth-order valence-electron chi connectivity index (χ4n) is 22.0. The van der Waals surface area contributed by atoms with E-state index < -0.39 is 0 Å². The molecule has 120 heavy (non-hydrogen) atoms. The second-order valence-corrected chi connectivity index (χ2v) is 45.1. The Labute approximate surface area is 766 Å². The van der Waals surface area contributed by atoms with E-state index in [-0.39, 0.29) is 0 Å². The summed E-state index contributed by atoms with van der Waals surface area (Å²) in [6.45, 7) is 38.0. The Bertz CT molecular complexity index is 1790. The molecule has 0 heteroatoms. The van der Waals surface area contributed by atoms with Gasteiger partial charge in [-0.1, -0.05) is 657 Å². The molecule has 0 aromatic heterocycles. The van der Waals surface area contributed by atoms with E-state index >= 15 is 0 Å². The van der Waals surface area contributed by atoms with E-state index in [4.69, 9.17) is 0 Å². The van der Waals surface area contributed by atoms with E-state index in [2.05, 4.69) is 111 Å². The molecule has 0 amide bonds. The van der Waals surface area contributed by atoms with Crippen LogP contribution in [0.4, 0.5) is 0 Å². The average Bonchev–Trinajstić information content (AvgIpc) is 0.829. The third-order valence-corrected chi connectivity index (χ3v) is 31.5. The molecule has 0 spiro atoms. The summed E-state index contributed by atoms with van der Waals surface area (Å²) < 4.78 is 0. The van der Waals surface area contributed by atoms with E-state index in [9.17, 15) is 0 Å². The molecule has 0 nitrogen and oxygen atoms in total. The maximum absolute atomic E-state index is 2.48. The van der Waals surface area contributed by atoms with Gasteiger partial charge in [0.05, 0.1) is 0 Å². The van der Waals surface area contributed by atoms with Crippen molar-refractivity contribution in [2.75, 3.05) is 0 Å². The highest BCUT2D eigenvalue weighted by molar-refractivity contribution is 4.86. The van der Waals surface area contributed by atoms with E-state index in [0.717, 1.165) is 82.9 Å². The van der Waals surface area contributed by atoms with Gasteiger partial charge in [0.1, 0.15) is 0 Å². The van der Waals surface area contributed by atoms with Gasteiger partial charge in [0.2, 0.25) is 0 Å². The van der Waals surface area contributed by atoms with E-state index in [1.54, 1.807) is 83.5 Å². The van der Waals surface area contributed by atoms with E-state index in [1.165, 1.54) is 494 Å². The summed E-state index contributed by atoms with van der Waals surface area (Å²) in [5.41, 5.74) is 0. The van der Waals surface area contributed by atoms with E-state index in [0.29, 0.717) is 0 Å². The molecule has 0 saturated heterocycles. The number of rotatable bonds is 86. The van der Waals surface area contributed by atoms with Crippen LogP contribution in [-0.2, 0) is 0 Å². The minimum Gasteiger partial charge on any atom is -0.0654 e. The lowest BCUT2D eigenvalue weighted by atomic mass is 9.63. The van der Waals surface area contributed by atoms with Gasteiger partial charge in [-0.15, -0.1) is 0 Å². The van der Waals surface area contributed by atoms with E-state index in [1.807, 2.05) is 0 Å². The topological polar surface area (TPSA) is 0 Å². The molecular weight excluding hydrogens is 1440 g/mol. The van der Waals surface area contributed by atoms with Crippen LogP contribution >= 0.6 is 0 Å². The van der Waals surface area contributed by atoms with Crippen molar-refractivity contribution in [2.24, 2.45) is 82.9 Å². The largest absolute Gasteiger partial charge is 0.0654 e. The number of unbranched alkanes of at least 4 members (excludes halogenated alkanes) is 52. The molecule has 3 rings (SSSR count). The first-order chi connectivity index (χ1) is 58.6. The first kappa shape index (κ1) is 120. The Morgan fingerprint density at radius 3 is 0.525 bits per heavy atom. The van der Waals surface area contributed by atoms with Gasteiger partial charge in [-0.05, 0) is 115 Å². The Morgan fingerprint density at radius 1 is 0.158 bits per heavy atom. The minimum absolute atomic E-state index is 0.887. The van der Waals surface area contributed by atoms with Crippen molar-refractivity contribution in [3.8, 4) is 0 Å². The molecule has 3 aliphatic rings. The normalized spacial score (nSPS) is 18.9. The maximum atomic E-state index is 2.48. The third-order valence-electron chi connectivity index (χ3n) is 31.5. The fraction of sp³-hybridized carbons (Fsp3) is 1.00. The molecule has 0 aromatic carbocycles. The van der Waals surface area contributed by atoms with Crippen molar-refractivity contribution in [3.05, 3.63) is 0 Å². The Balaban J connectivity index is 0.00000157. The molecule has 0 N–H and O–H groups in total. The maximum Gasteiger partial charge on any atom is -0.0383 e. The van der Waals surface area contributed by atoms with Crippen molar-refractivity contribution in [1.82, 2.24) is 0 Å². The third kappa shape index (κ3) is 87.3. The molecule has 0 aromatic rings. The Morgan fingerprint density at radius 2 is 0.325 bits per heavy atom. The number of hydrogen-bond acceptors (Lipinski definition) is 0. The van der Waals surface area contributed by atoms with Gasteiger partial charge in [0.25, 0.3) is 0 Å². The van der Waals surface area contributed by atoms with Gasteiger partial charge in [0.15, 0.2) is 0 Å². The van der Waals surface area contributed by atoms with Crippen molar-refractivity contribution in [3.63, 3.8) is 0 Å². The molecule has 3 aliphatic carbocycles. The molecule has 722 valence electrons. The summed E-state index contributed by atoms with van der Waals surface area (Å²) in [6, 6.07) is 0. The van der Waals surface area contributed by atoms with Crippen LogP contribution in [0.15, 0.2) is 0 Å². The predicted molar refractivity (Wildman–Crippen MR) is 555 cm³/mol. The van der Waals surface area contributed by atoms with Gasteiger partial charge in [-0.25, -0.2) is 0 Å². The van der Waals surface area contributed by atoms with Crippen LogP contribution in [0.1, 0.15) is 689 Å². The first-order valence-corrected chi connectivity index (χ1v) is 58.6. The molecule has 3 fully saturated rings. The van der Waals surface area contributed by atoms with Crippen LogP contribution in [0.25, 0.3) is 0 Å². The molecule has 0 radical (unpaired) electrons. The summed E-state index contributed by atoms with van der Waals surface area (Å²) in [7, 11) is 0. The van der Waals surface area contributed by atoms with Gasteiger partial charge >= 0.3 is 0 Å². The van der Waals surface area contributed by atoms with Gasteiger partial charge < -0.3 is 0 Å². The van der Waals surface area contributed by atoms with Crippen LogP contribution in [0, 0.1) is 82.9 Å². The summed E-state index contributed by atoms with van der Waals surface area (Å²) in [4.78, 5) is 0. The van der Waals surface area contributed by atoms with Crippen molar-refractivity contribution in [2.45, 2.75) is 689 Å². The summed E-state index contributed by atoms with van der Waals surface area (Å²) in [5.74, 6) is 14.1. The second kappa shape index (κ2) is 95.1. The predicted octanol–water partition coefficient (Wildman–Crippen LogP) is 45.0. The number of hydrogen-bond donors (Lipinski definition) is 0.